The Morgan fingerprint density at radius 1 is 1.53 bits per heavy atom. The van der Waals surface area contributed by atoms with Crippen molar-refractivity contribution in [2.75, 3.05) is 18.5 Å². The van der Waals surface area contributed by atoms with Gasteiger partial charge in [-0.1, -0.05) is 23.7 Å². The average Bonchev–Trinajstić information content (AvgIpc) is 2.29. The van der Waals surface area contributed by atoms with Crippen molar-refractivity contribution >= 4 is 23.3 Å². The van der Waals surface area contributed by atoms with Gasteiger partial charge in [-0.15, -0.1) is 0 Å². The minimum Gasteiger partial charge on any atom is -0.463 e. The van der Waals surface area contributed by atoms with Gasteiger partial charge in [-0.05, 0) is 31.5 Å². The number of nitrogens with one attached hydrogen (secondary N) is 1. The molecule has 0 bridgehead atoms. The Labute approximate surface area is 106 Å². The number of carbonyl (C=O) groups is 1. The molecule has 0 saturated carbocycles. The van der Waals surface area contributed by atoms with Crippen LogP contribution >= 0.6 is 11.6 Å². The van der Waals surface area contributed by atoms with Crippen LogP contribution in [0.15, 0.2) is 30.4 Å². The lowest BCUT2D eigenvalue weighted by Crippen LogP contribution is -2.03. The fourth-order valence-electron chi connectivity index (χ4n) is 1.30. The minimum atomic E-state index is -0.322. The standard InChI is InChI=1S/C13H16ClNO2/c1-3-17-13(16)5-4-8-15-12-9-11(14)7-6-10(12)2/h4-7,9,15H,3,8H2,1-2H3/b5-4+. The largest absolute Gasteiger partial charge is 0.463 e. The van der Waals surface area contributed by atoms with Crippen molar-refractivity contribution in [3.8, 4) is 0 Å². The van der Waals surface area contributed by atoms with Crippen LogP contribution in [0.4, 0.5) is 5.69 Å². The second-order valence-electron chi connectivity index (χ2n) is 3.49. The third kappa shape index (κ3) is 4.91. The predicted octanol–water partition coefficient (Wildman–Crippen LogP) is 3.18. The molecule has 0 amide bonds. The minimum absolute atomic E-state index is 0.322. The Balaban J connectivity index is 2.45. The normalized spacial score (nSPS) is 10.5. The molecule has 1 N–H and O–H groups in total. The molecule has 0 unspecified atom stereocenters. The number of hydrogen-bond donors (Lipinski definition) is 1. The molecule has 92 valence electrons. The number of aryl methyl sites for hydroxylation is 1. The van der Waals surface area contributed by atoms with Crippen molar-refractivity contribution in [1.29, 1.82) is 0 Å². The van der Waals surface area contributed by atoms with E-state index in [1.807, 2.05) is 25.1 Å². The molecule has 1 aromatic rings. The van der Waals surface area contributed by atoms with Gasteiger partial charge in [0.2, 0.25) is 0 Å². The van der Waals surface area contributed by atoms with E-state index in [0.717, 1.165) is 11.3 Å². The molecule has 17 heavy (non-hydrogen) atoms. The van der Waals surface area contributed by atoms with Crippen LogP contribution in [0, 0.1) is 6.92 Å². The summed E-state index contributed by atoms with van der Waals surface area (Å²) in [5.41, 5.74) is 2.07. The summed E-state index contributed by atoms with van der Waals surface area (Å²) < 4.78 is 4.76. The Hall–Kier alpha value is -1.48. The predicted molar refractivity (Wildman–Crippen MR) is 70.5 cm³/mol. The number of hydrogen-bond acceptors (Lipinski definition) is 3. The third-order valence-electron chi connectivity index (χ3n) is 2.15. The quantitative estimate of drug-likeness (QED) is 0.647. The number of benzene rings is 1. The Morgan fingerprint density at radius 3 is 3.00 bits per heavy atom. The second-order valence-corrected chi connectivity index (χ2v) is 3.93. The Bertz CT molecular complexity index is 416. The maximum atomic E-state index is 11.0. The second kappa shape index (κ2) is 6.97. The van der Waals surface area contributed by atoms with E-state index in [-0.39, 0.29) is 5.97 Å². The zero-order valence-electron chi connectivity index (χ0n) is 10.00. The molecule has 0 aliphatic carbocycles. The molecule has 0 radical (unpaired) electrons. The van der Waals surface area contributed by atoms with Crippen LogP contribution in [0.25, 0.3) is 0 Å². The first-order chi connectivity index (χ1) is 8.13. The van der Waals surface area contributed by atoms with E-state index in [2.05, 4.69) is 5.32 Å². The molecular weight excluding hydrogens is 238 g/mol. The van der Waals surface area contributed by atoms with Crippen LogP contribution in [0.3, 0.4) is 0 Å². The number of rotatable bonds is 5. The SMILES string of the molecule is CCOC(=O)/C=C/CNc1cc(Cl)ccc1C. The highest BCUT2D eigenvalue weighted by Gasteiger charge is 1.97. The molecular formula is C13H16ClNO2. The molecule has 1 rings (SSSR count). The molecule has 4 heteroatoms. The maximum Gasteiger partial charge on any atom is 0.330 e. The van der Waals surface area contributed by atoms with E-state index < -0.39 is 0 Å². The average molecular weight is 254 g/mol. The van der Waals surface area contributed by atoms with Gasteiger partial charge in [0, 0.05) is 23.3 Å². The van der Waals surface area contributed by atoms with Crippen LogP contribution < -0.4 is 5.32 Å². The number of esters is 1. The molecule has 0 fully saturated rings. The topological polar surface area (TPSA) is 38.3 Å². The number of carbonyl (C=O) groups excluding carboxylic acids is 1. The van der Waals surface area contributed by atoms with Gasteiger partial charge < -0.3 is 10.1 Å². The maximum absolute atomic E-state index is 11.0. The van der Waals surface area contributed by atoms with Gasteiger partial charge >= 0.3 is 5.97 Å². The van der Waals surface area contributed by atoms with Gasteiger partial charge in [0.1, 0.15) is 0 Å². The fraction of sp³-hybridized carbons (Fsp3) is 0.308. The van der Waals surface area contributed by atoms with Crippen molar-refractivity contribution in [2.24, 2.45) is 0 Å². The molecule has 0 aliphatic heterocycles. The summed E-state index contributed by atoms with van der Waals surface area (Å²) in [7, 11) is 0. The lowest BCUT2D eigenvalue weighted by molar-refractivity contribution is -0.137. The van der Waals surface area contributed by atoms with Crippen LogP contribution in [0.5, 0.6) is 0 Å². The zero-order valence-corrected chi connectivity index (χ0v) is 10.8. The summed E-state index contributed by atoms with van der Waals surface area (Å²) in [5.74, 6) is -0.322. The highest BCUT2D eigenvalue weighted by atomic mass is 35.5. The molecule has 1 aromatic carbocycles. The van der Waals surface area contributed by atoms with E-state index in [1.54, 1.807) is 13.0 Å². The number of halogens is 1. The molecule has 0 spiro atoms. The molecule has 0 heterocycles. The molecule has 0 aromatic heterocycles. The molecule has 0 aliphatic rings. The first-order valence-electron chi connectivity index (χ1n) is 5.46. The van der Waals surface area contributed by atoms with Crippen molar-refractivity contribution in [2.45, 2.75) is 13.8 Å². The van der Waals surface area contributed by atoms with Gasteiger partial charge in [-0.25, -0.2) is 4.79 Å². The van der Waals surface area contributed by atoms with Crippen molar-refractivity contribution in [3.63, 3.8) is 0 Å². The zero-order chi connectivity index (χ0) is 12.7. The first kappa shape index (κ1) is 13.6. The summed E-state index contributed by atoms with van der Waals surface area (Å²) in [6.07, 6.45) is 3.13. The highest BCUT2D eigenvalue weighted by Crippen LogP contribution is 2.19. The van der Waals surface area contributed by atoms with E-state index in [0.29, 0.717) is 18.2 Å². The lowest BCUT2D eigenvalue weighted by atomic mass is 10.2. The third-order valence-corrected chi connectivity index (χ3v) is 2.39. The number of anilines is 1. The molecule has 0 atom stereocenters. The van der Waals surface area contributed by atoms with Crippen LogP contribution in [0.1, 0.15) is 12.5 Å². The van der Waals surface area contributed by atoms with E-state index in [4.69, 9.17) is 16.3 Å². The number of ether oxygens (including phenoxy) is 1. The van der Waals surface area contributed by atoms with Crippen molar-refractivity contribution in [3.05, 3.63) is 40.9 Å². The molecule has 0 saturated heterocycles. The smallest absolute Gasteiger partial charge is 0.330 e. The summed E-state index contributed by atoms with van der Waals surface area (Å²) in [6.45, 7) is 4.72. The highest BCUT2D eigenvalue weighted by molar-refractivity contribution is 6.30. The molecule has 3 nitrogen and oxygen atoms in total. The van der Waals surface area contributed by atoms with E-state index >= 15 is 0 Å². The van der Waals surface area contributed by atoms with Crippen LogP contribution in [-0.4, -0.2) is 19.1 Å². The summed E-state index contributed by atoms with van der Waals surface area (Å²) in [5, 5.41) is 3.86. The lowest BCUT2D eigenvalue weighted by Gasteiger charge is -2.07. The van der Waals surface area contributed by atoms with Crippen LogP contribution in [-0.2, 0) is 9.53 Å². The fourth-order valence-corrected chi connectivity index (χ4v) is 1.47. The summed E-state index contributed by atoms with van der Waals surface area (Å²) >= 11 is 5.89. The van der Waals surface area contributed by atoms with Crippen molar-refractivity contribution in [1.82, 2.24) is 0 Å². The Kier molecular flexibility index (Phi) is 5.57. The first-order valence-corrected chi connectivity index (χ1v) is 5.84. The van der Waals surface area contributed by atoms with Gasteiger partial charge in [0.05, 0.1) is 6.61 Å². The van der Waals surface area contributed by atoms with Gasteiger partial charge in [0.15, 0.2) is 0 Å². The van der Waals surface area contributed by atoms with E-state index in [1.165, 1.54) is 6.08 Å². The van der Waals surface area contributed by atoms with E-state index in [9.17, 15) is 4.79 Å². The summed E-state index contributed by atoms with van der Waals surface area (Å²) in [6, 6.07) is 5.64. The van der Waals surface area contributed by atoms with Crippen LogP contribution in [0.2, 0.25) is 5.02 Å². The van der Waals surface area contributed by atoms with Crippen molar-refractivity contribution < 1.29 is 9.53 Å². The Morgan fingerprint density at radius 2 is 2.29 bits per heavy atom. The van der Waals surface area contributed by atoms with Gasteiger partial charge in [-0.2, -0.15) is 0 Å². The van der Waals surface area contributed by atoms with Gasteiger partial charge in [-0.3, -0.25) is 0 Å². The van der Waals surface area contributed by atoms with Gasteiger partial charge in [0.25, 0.3) is 0 Å². The monoisotopic (exact) mass is 253 g/mol. The summed E-state index contributed by atoms with van der Waals surface area (Å²) in [4.78, 5) is 11.0.